The van der Waals surface area contributed by atoms with Crippen molar-refractivity contribution in [3.63, 3.8) is 0 Å². The van der Waals surface area contributed by atoms with E-state index < -0.39 is 113 Å². The summed E-state index contributed by atoms with van der Waals surface area (Å²) in [4.78, 5) is 13.6. The number of aliphatic hydroxyl groups is 6. The molecule has 3 heterocycles. The van der Waals surface area contributed by atoms with Gasteiger partial charge in [-0.05, 0) is 25.1 Å². The summed E-state index contributed by atoms with van der Waals surface area (Å²) < 4.78 is 27.8. The number of ether oxygens (including phenoxy) is 4. The molecule has 3 aromatic rings. The van der Waals surface area contributed by atoms with Crippen LogP contribution in [-0.2, 0) is 14.2 Å². The minimum Gasteiger partial charge on any atom is -0.508 e. The zero-order chi connectivity index (χ0) is 31.3. The average Bonchev–Trinajstić information content (AvgIpc) is 2.96. The summed E-state index contributed by atoms with van der Waals surface area (Å²) in [7, 11) is 0. The lowest BCUT2D eigenvalue weighted by atomic mass is 9.98. The van der Waals surface area contributed by atoms with Gasteiger partial charge in [0.05, 0.1) is 12.7 Å². The predicted octanol–water partition coefficient (Wildman–Crippen LogP) is -1.69. The fourth-order valence-electron chi connectivity index (χ4n) is 4.84. The molecule has 2 aliphatic heterocycles. The van der Waals surface area contributed by atoms with Crippen molar-refractivity contribution in [3.8, 4) is 40.1 Å². The van der Waals surface area contributed by atoms with E-state index in [-0.39, 0.29) is 11.1 Å². The van der Waals surface area contributed by atoms with E-state index >= 15 is 0 Å². The number of aliphatic hydroxyl groups excluding tert-OH is 6. The van der Waals surface area contributed by atoms with E-state index in [4.69, 9.17) is 23.4 Å². The third-order valence-electron chi connectivity index (χ3n) is 7.29. The molecule has 2 aliphatic rings. The van der Waals surface area contributed by atoms with E-state index in [0.717, 1.165) is 24.3 Å². The number of hydrogen-bond acceptors (Lipinski definition) is 16. The number of fused-ring (bicyclic) bond motifs is 1. The predicted molar refractivity (Wildman–Crippen MR) is 140 cm³/mol. The van der Waals surface area contributed by atoms with Crippen molar-refractivity contribution in [2.24, 2.45) is 0 Å². The molecule has 0 spiro atoms. The Morgan fingerprint density at radius 3 is 2.12 bits per heavy atom. The van der Waals surface area contributed by atoms with Crippen LogP contribution < -0.4 is 10.2 Å². The van der Waals surface area contributed by atoms with Gasteiger partial charge in [-0.15, -0.1) is 0 Å². The first-order valence-electron chi connectivity index (χ1n) is 13.0. The lowest BCUT2D eigenvalue weighted by Crippen LogP contribution is -2.61. The zero-order valence-electron chi connectivity index (χ0n) is 22.3. The third-order valence-corrected chi connectivity index (χ3v) is 7.29. The molecule has 2 saturated heterocycles. The van der Waals surface area contributed by atoms with Crippen molar-refractivity contribution >= 4 is 11.0 Å². The maximum absolute atomic E-state index is 13.6. The van der Waals surface area contributed by atoms with Crippen LogP contribution in [0.1, 0.15) is 6.92 Å². The number of phenols is 4. The highest BCUT2D eigenvalue weighted by Crippen LogP contribution is 2.39. The van der Waals surface area contributed by atoms with Gasteiger partial charge in [0, 0.05) is 17.7 Å². The standard InChI is InChI=1S/C27H30O16/c1-8-17(32)20(35)22(37)26(40-8)39-7-15-18(33)21(36)23(38)27(42-15)43-25-19(34)16-13(31)5-10(28)6-14(16)41-24(25)9-2-3-11(29)12(30)4-9/h2-6,8,15,17-18,20-23,26-33,35-38H,7H2,1H3/t8?,15-,17+,18-,20+,21?,22?,23?,26-,27+/m1/s1. The van der Waals surface area contributed by atoms with Gasteiger partial charge in [0.25, 0.3) is 0 Å². The molecule has 0 aliphatic carbocycles. The molecule has 4 unspecified atom stereocenters. The normalized spacial score (nSPS) is 33.0. The van der Waals surface area contributed by atoms with E-state index in [1.165, 1.54) is 13.0 Å². The molecule has 16 heteroatoms. The van der Waals surface area contributed by atoms with Gasteiger partial charge in [0.1, 0.15) is 65.2 Å². The second-order valence-corrected chi connectivity index (χ2v) is 10.3. The number of aromatic hydroxyl groups is 4. The molecule has 234 valence electrons. The lowest BCUT2D eigenvalue weighted by molar-refractivity contribution is -0.318. The van der Waals surface area contributed by atoms with Gasteiger partial charge in [-0.2, -0.15) is 0 Å². The van der Waals surface area contributed by atoms with Crippen LogP contribution in [0.15, 0.2) is 39.5 Å². The summed E-state index contributed by atoms with van der Waals surface area (Å²) in [5.41, 5.74) is -1.35. The molecule has 0 radical (unpaired) electrons. The average molecular weight is 611 g/mol. The lowest BCUT2D eigenvalue weighted by Gasteiger charge is -2.42. The van der Waals surface area contributed by atoms with Crippen molar-refractivity contribution in [2.45, 2.75) is 68.3 Å². The minimum absolute atomic E-state index is 0.0313. The van der Waals surface area contributed by atoms with Crippen LogP contribution >= 0.6 is 0 Å². The van der Waals surface area contributed by atoms with Crippen LogP contribution in [0.4, 0.5) is 0 Å². The molecule has 10 atom stereocenters. The quantitative estimate of drug-likeness (QED) is 0.140. The van der Waals surface area contributed by atoms with Crippen LogP contribution in [0, 0.1) is 0 Å². The molecular formula is C27H30O16. The zero-order valence-corrected chi connectivity index (χ0v) is 22.3. The summed E-state index contributed by atoms with van der Waals surface area (Å²) in [5, 5.41) is 101. The fourth-order valence-corrected chi connectivity index (χ4v) is 4.84. The molecule has 0 saturated carbocycles. The van der Waals surface area contributed by atoms with Crippen molar-refractivity contribution < 1.29 is 74.4 Å². The Morgan fingerprint density at radius 1 is 0.744 bits per heavy atom. The number of benzene rings is 2. The molecule has 16 nitrogen and oxygen atoms in total. The Kier molecular flexibility index (Phi) is 8.41. The maximum Gasteiger partial charge on any atom is 0.239 e. The van der Waals surface area contributed by atoms with Crippen LogP contribution in [0.3, 0.4) is 0 Å². The summed E-state index contributed by atoms with van der Waals surface area (Å²) in [6.45, 7) is 0.818. The third kappa shape index (κ3) is 5.67. The number of phenolic OH excluding ortho intramolecular Hbond substituents is 4. The minimum atomic E-state index is -1.97. The van der Waals surface area contributed by atoms with E-state index in [0.29, 0.717) is 0 Å². The van der Waals surface area contributed by atoms with Gasteiger partial charge in [-0.3, -0.25) is 4.79 Å². The van der Waals surface area contributed by atoms with Crippen molar-refractivity contribution in [1.29, 1.82) is 0 Å². The topological polar surface area (TPSA) is 269 Å². The summed E-state index contributed by atoms with van der Waals surface area (Å²) in [5.74, 6) is -3.33. The van der Waals surface area contributed by atoms with Crippen LogP contribution in [0.5, 0.6) is 28.7 Å². The Hall–Kier alpha value is -3.71. The molecule has 2 aromatic carbocycles. The van der Waals surface area contributed by atoms with Crippen LogP contribution in [-0.4, -0.2) is 119 Å². The Labute approximate surface area is 241 Å². The van der Waals surface area contributed by atoms with Gasteiger partial charge in [-0.1, -0.05) is 0 Å². The fraction of sp³-hybridized carbons (Fsp3) is 0.444. The van der Waals surface area contributed by atoms with Crippen molar-refractivity contribution in [3.05, 3.63) is 40.6 Å². The molecule has 10 N–H and O–H groups in total. The van der Waals surface area contributed by atoms with E-state index in [1.54, 1.807) is 0 Å². The number of rotatable bonds is 6. The largest absolute Gasteiger partial charge is 0.508 e. The maximum atomic E-state index is 13.6. The monoisotopic (exact) mass is 610 g/mol. The van der Waals surface area contributed by atoms with E-state index in [9.17, 15) is 55.9 Å². The first-order valence-corrected chi connectivity index (χ1v) is 13.0. The van der Waals surface area contributed by atoms with Crippen molar-refractivity contribution in [2.75, 3.05) is 6.61 Å². The van der Waals surface area contributed by atoms with Gasteiger partial charge in [0.15, 0.2) is 23.5 Å². The Balaban J connectivity index is 1.48. The second-order valence-electron chi connectivity index (χ2n) is 10.3. The smallest absolute Gasteiger partial charge is 0.239 e. The second kappa shape index (κ2) is 11.8. The SMILES string of the molecule is CC1O[C@@H](OC[C@H]2O[C@@H](Oc3c(-c4ccc(O)c(O)c4)oc4cc(O)cc(O)c4c3=O)C(O)C(O)[C@@H]2O)C(O)[C@@H](O)[C@H]1O. The first kappa shape index (κ1) is 30.7. The highest BCUT2D eigenvalue weighted by molar-refractivity contribution is 5.88. The van der Waals surface area contributed by atoms with Gasteiger partial charge >= 0.3 is 0 Å². The molecule has 0 amide bonds. The van der Waals surface area contributed by atoms with Gasteiger partial charge < -0.3 is 74.4 Å². The molecule has 0 bridgehead atoms. The molecule has 43 heavy (non-hydrogen) atoms. The molecule has 2 fully saturated rings. The van der Waals surface area contributed by atoms with Gasteiger partial charge in [-0.25, -0.2) is 0 Å². The van der Waals surface area contributed by atoms with Crippen LogP contribution in [0.25, 0.3) is 22.3 Å². The Morgan fingerprint density at radius 2 is 1.42 bits per heavy atom. The first-order chi connectivity index (χ1) is 20.3. The summed E-state index contributed by atoms with van der Waals surface area (Å²) in [6, 6.07) is 5.24. The van der Waals surface area contributed by atoms with E-state index in [2.05, 4.69) is 0 Å². The van der Waals surface area contributed by atoms with Gasteiger partial charge in [0.2, 0.25) is 17.5 Å². The Bertz CT molecular complexity index is 1540. The van der Waals surface area contributed by atoms with Crippen molar-refractivity contribution in [1.82, 2.24) is 0 Å². The summed E-state index contributed by atoms with van der Waals surface area (Å²) in [6.07, 6.45) is -16.2. The highest BCUT2D eigenvalue weighted by atomic mass is 16.7. The molecular weight excluding hydrogens is 580 g/mol. The molecule has 5 rings (SSSR count). The number of hydrogen-bond donors (Lipinski definition) is 10. The molecule has 1 aromatic heterocycles. The van der Waals surface area contributed by atoms with E-state index in [1.807, 2.05) is 0 Å². The van der Waals surface area contributed by atoms with Crippen LogP contribution in [0.2, 0.25) is 0 Å². The summed E-state index contributed by atoms with van der Waals surface area (Å²) >= 11 is 0. The highest BCUT2D eigenvalue weighted by Gasteiger charge is 2.47.